The zero-order valence-electron chi connectivity index (χ0n) is 19.3. The molecular formula is C26H29N3O5. The predicted octanol–water partition coefficient (Wildman–Crippen LogP) is 2.36. The van der Waals surface area contributed by atoms with E-state index in [1.165, 1.54) is 0 Å². The summed E-state index contributed by atoms with van der Waals surface area (Å²) in [4.78, 5) is 43.9. The molecule has 178 valence electrons. The van der Waals surface area contributed by atoms with Gasteiger partial charge in [-0.25, -0.2) is 4.98 Å². The van der Waals surface area contributed by atoms with Gasteiger partial charge in [0.05, 0.1) is 30.2 Å². The number of morpholine rings is 1. The van der Waals surface area contributed by atoms with Gasteiger partial charge in [-0.05, 0) is 31.0 Å². The first kappa shape index (κ1) is 23.6. The lowest BCUT2D eigenvalue weighted by Gasteiger charge is -2.30. The summed E-state index contributed by atoms with van der Waals surface area (Å²) in [6, 6.07) is 17.5. The van der Waals surface area contributed by atoms with Crippen LogP contribution in [0.1, 0.15) is 24.6 Å². The molecule has 1 aromatic heterocycles. The number of benzene rings is 2. The highest BCUT2D eigenvalue weighted by molar-refractivity contribution is 5.81. The van der Waals surface area contributed by atoms with E-state index in [9.17, 15) is 14.4 Å². The number of fused-ring (bicyclic) bond motifs is 1. The highest BCUT2D eigenvalue weighted by atomic mass is 16.5. The number of rotatable bonds is 8. The first-order valence-corrected chi connectivity index (χ1v) is 11.6. The second-order valence-electron chi connectivity index (χ2n) is 8.42. The summed E-state index contributed by atoms with van der Waals surface area (Å²) in [6.07, 6.45) is 0.803. The van der Waals surface area contributed by atoms with Crippen molar-refractivity contribution in [3.05, 3.63) is 76.2 Å². The third-order valence-corrected chi connectivity index (χ3v) is 5.90. The van der Waals surface area contributed by atoms with Crippen LogP contribution in [0.25, 0.3) is 11.0 Å². The van der Waals surface area contributed by atoms with Gasteiger partial charge < -0.3 is 18.9 Å². The molecule has 8 heteroatoms. The Morgan fingerprint density at radius 1 is 1.09 bits per heavy atom. The molecule has 0 saturated carbocycles. The van der Waals surface area contributed by atoms with E-state index in [1.54, 1.807) is 9.47 Å². The number of aryl methyl sites for hydroxylation is 3. The van der Waals surface area contributed by atoms with Crippen LogP contribution < -0.4 is 5.56 Å². The number of aromatic nitrogens is 2. The fraction of sp³-hybridized carbons (Fsp3) is 0.385. The fourth-order valence-corrected chi connectivity index (χ4v) is 4.09. The predicted molar refractivity (Wildman–Crippen MR) is 127 cm³/mol. The Bertz CT molecular complexity index is 1210. The molecule has 0 N–H and O–H groups in total. The van der Waals surface area contributed by atoms with Crippen molar-refractivity contribution >= 4 is 22.9 Å². The van der Waals surface area contributed by atoms with E-state index >= 15 is 0 Å². The summed E-state index contributed by atoms with van der Waals surface area (Å²) in [5.41, 5.74) is 2.72. The number of ether oxygens (including phenoxy) is 2. The maximum Gasteiger partial charge on any atom is 0.306 e. The van der Waals surface area contributed by atoms with Gasteiger partial charge in [-0.3, -0.25) is 14.4 Å². The molecule has 0 spiro atoms. The number of hydrogen-bond donors (Lipinski definition) is 0. The molecule has 0 aliphatic carbocycles. The molecule has 1 amide bonds. The normalized spacial score (nSPS) is 15.9. The van der Waals surface area contributed by atoms with E-state index in [2.05, 4.69) is 4.98 Å². The molecule has 4 rings (SSSR count). The van der Waals surface area contributed by atoms with Gasteiger partial charge in [-0.1, -0.05) is 42.5 Å². The molecule has 1 fully saturated rings. The summed E-state index contributed by atoms with van der Waals surface area (Å²) >= 11 is 0. The molecule has 0 bridgehead atoms. The van der Waals surface area contributed by atoms with E-state index in [0.717, 1.165) is 11.1 Å². The summed E-state index contributed by atoms with van der Waals surface area (Å²) in [5, 5.41) is 0. The van der Waals surface area contributed by atoms with Crippen molar-refractivity contribution in [3.63, 3.8) is 0 Å². The topological polar surface area (TPSA) is 90.7 Å². The van der Waals surface area contributed by atoms with Gasteiger partial charge in [0.1, 0.15) is 5.69 Å². The zero-order chi connectivity index (χ0) is 23.9. The van der Waals surface area contributed by atoms with Crippen molar-refractivity contribution in [2.45, 2.75) is 38.8 Å². The molecule has 34 heavy (non-hydrogen) atoms. The largest absolute Gasteiger partial charge is 0.456 e. The van der Waals surface area contributed by atoms with Gasteiger partial charge in [0, 0.05) is 26.1 Å². The van der Waals surface area contributed by atoms with Crippen LogP contribution in [0.5, 0.6) is 0 Å². The Labute approximate surface area is 198 Å². The molecule has 0 radical (unpaired) electrons. The second kappa shape index (κ2) is 11.1. The van der Waals surface area contributed by atoms with Crippen LogP contribution in [-0.2, 0) is 38.4 Å². The molecule has 1 saturated heterocycles. The molecule has 1 aliphatic rings. The Morgan fingerprint density at radius 3 is 2.65 bits per heavy atom. The third-order valence-electron chi connectivity index (χ3n) is 5.90. The quantitative estimate of drug-likeness (QED) is 0.477. The molecule has 1 unspecified atom stereocenters. The second-order valence-corrected chi connectivity index (χ2v) is 8.42. The van der Waals surface area contributed by atoms with E-state index < -0.39 is 5.97 Å². The minimum Gasteiger partial charge on any atom is -0.456 e. The summed E-state index contributed by atoms with van der Waals surface area (Å²) in [7, 11) is 0. The van der Waals surface area contributed by atoms with Crippen molar-refractivity contribution in [1.29, 1.82) is 0 Å². The van der Waals surface area contributed by atoms with E-state index in [0.29, 0.717) is 43.9 Å². The van der Waals surface area contributed by atoms with Crippen LogP contribution in [-0.4, -0.2) is 58.7 Å². The number of nitrogens with zero attached hydrogens (tertiary/aromatic N) is 3. The molecule has 1 atom stereocenters. The average molecular weight is 464 g/mol. The van der Waals surface area contributed by atoms with Gasteiger partial charge in [0.2, 0.25) is 0 Å². The first-order valence-electron chi connectivity index (χ1n) is 11.6. The highest BCUT2D eigenvalue weighted by Gasteiger charge is 2.22. The average Bonchev–Trinajstić information content (AvgIpc) is 2.86. The van der Waals surface area contributed by atoms with E-state index in [4.69, 9.17) is 9.47 Å². The number of amides is 1. The third kappa shape index (κ3) is 5.88. The van der Waals surface area contributed by atoms with Crippen LogP contribution >= 0.6 is 0 Å². The van der Waals surface area contributed by atoms with Crippen molar-refractivity contribution in [2.75, 3.05) is 26.3 Å². The maximum atomic E-state index is 13.2. The molecule has 1 aliphatic heterocycles. The molecule has 3 aromatic rings. The van der Waals surface area contributed by atoms with E-state index in [-0.39, 0.29) is 37.0 Å². The van der Waals surface area contributed by atoms with Crippen molar-refractivity contribution in [3.8, 4) is 0 Å². The Hall–Kier alpha value is -3.52. The minimum absolute atomic E-state index is 0.0218. The Balaban J connectivity index is 1.40. The Morgan fingerprint density at radius 2 is 1.85 bits per heavy atom. The standard InChI is InChI=1S/C26H29N3O5/c1-19-17-28(15-16-33-19)24(30)18-34-25(31)12-11-22-26(32)29(14-13-20-7-3-2-4-8-20)23-10-6-5-9-21(23)27-22/h2-10,19H,11-18H2,1H3. The lowest BCUT2D eigenvalue weighted by Crippen LogP contribution is -2.46. The van der Waals surface area contributed by atoms with Gasteiger partial charge in [-0.15, -0.1) is 0 Å². The first-order chi connectivity index (χ1) is 16.5. The number of carbonyl (C=O) groups is 2. The van der Waals surface area contributed by atoms with Crippen molar-refractivity contribution < 1.29 is 19.1 Å². The van der Waals surface area contributed by atoms with Crippen molar-refractivity contribution in [1.82, 2.24) is 14.5 Å². The van der Waals surface area contributed by atoms with Crippen LogP contribution in [0.3, 0.4) is 0 Å². The molecule has 2 aromatic carbocycles. The lowest BCUT2D eigenvalue weighted by molar-refractivity contribution is -0.154. The maximum absolute atomic E-state index is 13.2. The van der Waals surface area contributed by atoms with Gasteiger partial charge in [-0.2, -0.15) is 0 Å². The Kier molecular flexibility index (Phi) is 7.69. The molecular weight excluding hydrogens is 434 g/mol. The number of para-hydroxylation sites is 2. The zero-order valence-corrected chi connectivity index (χ0v) is 19.3. The minimum atomic E-state index is -0.528. The smallest absolute Gasteiger partial charge is 0.306 e. The summed E-state index contributed by atoms with van der Waals surface area (Å²) in [6.45, 7) is 3.55. The van der Waals surface area contributed by atoms with Gasteiger partial charge >= 0.3 is 5.97 Å². The van der Waals surface area contributed by atoms with Crippen LogP contribution in [0.2, 0.25) is 0 Å². The SMILES string of the molecule is CC1CN(C(=O)COC(=O)CCc2nc3ccccc3n(CCc3ccccc3)c2=O)CCO1. The summed E-state index contributed by atoms with van der Waals surface area (Å²) < 4.78 is 12.3. The van der Waals surface area contributed by atoms with Gasteiger partial charge in [0.15, 0.2) is 6.61 Å². The lowest BCUT2D eigenvalue weighted by atomic mass is 10.1. The fourth-order valence-electron chi connectivity index (χ4n) is 4.09. The van der Waals surface area contributed by atoms with Crippen LogP contribution in [0.15, 0.2) is 59.4 Å². The van der Waals surface area contributed by atoms with E-state index in [1.807, 2.05) is 61.5 Å². The van der Waals surface area contributed by atoms with Gasteiger partial charge in [0.25, 0.3) is 11.5 Å². The monoisotopic (exact) mass is 463 g/mol. The molecule has 2 heterocycles. The number of hydrogen-bond acceptors (Lipinski definition) is 6. The van der Waals surface area contributed by atoms with Crippen LogP contribution in [0.4, 0.5) is 0 Å². The highest BCUT2D eigenvalue weighted by Crippen LogP contribution is 2.12. The number of carbonyl (C=O) groups excluding carboxylic acids is 2. The number of esters is 1. The molecule has 8 nitrogen and oxygen atoms in total. The van der Waals surface area contributed by atoms with Crippen molar-refractivity contribution in [2.24, 2.45) is 0 Å². The summed E-state index contributed by atoms with van der Waals surface area (Å²) in [5.74, 6) is -0.768. The van der Waals surface area contributed by atoms with Crippen LogP contribution in [0, 0.1) is 0 Å².